The van der Waals surface area contributed by atoms with E-state index in [1.54, 1.807) is 30.3 Å². The van der Waals surface area contributed by atoms with Crippen molar-refractivity contribution in [2.45, 2.75) is 6.92 Å². The van der Waals surface area contributed by atoms with E-state index in [1.165, 1.54) is 0 Å². The smallest absolute Gasteiger partial charge is 0.193 e. The predicted octanol–water partition coefficient (Wildman–Crippen LogP) is 3.10. The van der Waals surface area contributed by atoms with E-state index in [0.717, 1.165) is 5.56 Å². The molecule has 2 rings (SSSR count). The lowest BCUT2D eigenvalue weighted by molar-refractivity contribution is 0.103. The van der Waals surface area contributed by atoms with Gasteiger partial charge in [-0.25, -0.2) is 0 Å². The quantitative estimate of drug-likeness (QED) is 0.731. The second-order valence-corrected chi connectivity index (χ2v) is 3.84. The molecule has 0 N–H and O–H groups in total. The number of nitrogens with zero attached hydrogens (tertiary/aromatic N) is 1. The summed E-state index contributed by atoms with van der Waals surface area (Å²) in [5.41, 5.74) is 2.69. The van der Waals surface area contributed by atoms with Crippen LogP contribution in [0.1, 0.15) is 27.0 Å². The van der Waals surface area contributed by atoms with Crippen LogP contribution in [0.5, 0.6) is 0 Å². The van der Waals surface area contributed by atoms with Crippen molar-refractivity contribution in [3.63, 3.8) is 0 Å². The van der Waals surface area contributed by atoms with Crippen molar-refractivity contribution in [1.29, 1.82) is 5.26 Å². The van der Waals surface area contributed by atoms with Gasteiger partial charge in [-0.1, -0.05) is 36.4 Å². The summed E-state index contributed by atoms with van der Waals surface area (Å²) in [6.45, 7) is 1.90. The number of carbonyl (C=O) groups excluding carboxylic acids is 1. The van der Waals surface area contributed by atoms with Crippen LogP contribution in [0.4, 0.5) is 0 Å². The van der Waals surface area contributed by atoms with Gasteiger partial charge in [0, 0.05) is 11.1 Å². The molecule has 2 aromatic rings. The topological polar surface area (TPSA) is 40.9 Å². The molecular formula is C15H11NO. The number of hydrogen-bond donors (Lipinski definition) is 0. The molecule has 0 heterocycles. The summed E-state index contributed by atoms with van der Waals surface area (Å²) < 4.78 is 0. The molecule has 0 spiro atoms. The van der Waals surface area contributed by atoms with E-state index in [-0.39, 0.29) is 5.78 Å². The Morgan fingerprint density at radius 1 is 1.12 bits per heavy atom. The second kappa shape index (κ2) is 4.63. The molecule has 0 aliphatic carbocycles. The van der Waals surface area contributed by atoms with Gasteiger partial charge in [0.05, 0.1) is 11.6 Å². The zero-order chi connectivity index (χ0) is 12.3. The molecule has 0 aliphatic rings. The highest BCUT2D eigenvalue weighted by Gasteiger charge is 2.11. The predicted molar refractivity (Wildman–Crippen MR) is 65.8 cm³/mol. The van der Waals surface area contributed by atoms with E-state index in [1.807, 2.05) is 31.2 Å². The van der Waals surface area contributed by atoms with E-state index in [4.69, 9.17) is 5.26 Å². The summed E-state index contributed by atoms with van der Waals surface area (Å²) in [6, 6.07) is 16.3. The first-order valence-corrected chi connectivity index (χ1v) is 5.33. The highest BCUT2D eigenvalue weighted by Crippen LogP contribution is 2.14. The summed E-state index contributed by atoms with van der Waals surface area (Å²) in [4.78, 5) is 12.2. The van der Waals surface area contributed by atoms with E-state index >= 15 is 0 Å². The average Bonchev–Trinajstić information content (AvgIpc) is 2.38. The van der Waals surface area contributed by atoms with Crippen molar-refractivity contribution < 1.29 is 4.79 Å². The van der Waals surface area contributed by atoms with Crippen LogP contribution in [0.25, 0.3) is 0 Å². The molecule has 0 atom stereocenters. The van der Waals surface area contributed by atoms with Gasteiger partial charge in [-0.3, -0.25) is 4.79 Å². The molecule has 0 unspecified atom stereocenters. The van der Waals surface area contributed by atoms with Crippen LogP contribution in [-0.4, -0.2) is 5.78 Å². The van der Waals surface area contributed by atoms with Gasteiger partial charge in [0.1, 0.15) is 0 Å². The molecule has 0 saturated carbocycles. The number of hydrogen-bond acceptors (Lipinski definition) is 2. The van der Waals surface area contributed by atoms with Gasteiger partial charge < -0.3 is 0 Å². The molecule has 0 aliphatic heterocycles. The van der Waals surface area contributed by atoms with Gasteiger partial charge in [-0.2, -0.15) is 5.26 Å². The Morgan fingerprint density at radius 3 is 2.59 bits per heavy atom. The summed E-state index contributed by atoms with van der Waals surface area (Å²) in [6.07, 6.45) is 0. The van der Waals surface area contributed by atoms with Gasteiger partial charge in [-0.15, -0.1) is 0 Å². The molecule has 2 heteroatoms. The fourth-order valence-electron chi connectivity index (χ4n) is 1.71. The van der Waals surface area contributed by atoms with E-state index in [0.29, 0.717) is 16.7 Å². The first-order chi connectivity index (χ1) is 8.22. The molecular weight excluding hydrogens is 210 g/mol. The second-order valence-electron chi connectivity index (χ2n) is 3.84. The number of nitriles is 1. The van der Waals surface area contributed by atoms with Gasteiger partial charge in [-0.05, 0) is 24.6 Å². The van der Waals surface area contributed by atoms with Crippen LogP contribution in [0, 0.1) is 18.3 Å². The van der Waals surface area contributed by atoms with Crippen molar-refractivity contribution in [2.75, 3.05) is 0 Å². The molecule has 0 amide bonds. The molecule has 0 radical (unpaired) electrons. The Morgan fingerprint density at radius 2 is 1.88 bits per heavy atom. The van der Waals surface area contributed by atoms with Crippen LogP contribution in [0.2, 0.25) is 0 Å². The third-order valence-electron chi connectivity index (χ3n) is 2.64. The Labute approximate surface area is 100 Å². The van der Waals surface area contributed by atoms with Crippen LogP contribution in [0.3, 0.4) is 0 Å². The maximum absolute atomic E-state index is 12.2. The Kier molecular flexibility index (Phi) is 3.02. The fraction of sp³-hybridized carbons (Fsp3) is 0.0667. The number of ketones is 1. The largest absolute Gasteiger partial charge is 0.289 e. The fourth-order valence-corrected chi connectivity index (χ4v) is 1.71. The molecule has 17 heavy (non-hydrogen) atoms. The Bertz CT molecular complexity index is 608. The lowest BCUT2D eigenvalue weighted by Crippen LogP contribution is -2.03. The van der Waals surface area contributed by atoms with E-state index in [9.17, 15) is 4.79 Å². The molecule has 0 fully saturated rings. The van der Waals surface area contributed by atoms with Crippen LogP contribution >= 0.6 is 0 Å². The zero-order valence-electron chi connectivity index (χ0n) is 9.47. The van der Waals surface area contributed by atoms with Crippen LogP contribution in [-0.2, 0) is 0 Å². The van der Waals surface area contributed by atoms with Crippen molar-refractivity contribution >= 4 is 5.78 Å². The van der Waals surface area contributed by atoms with E-state index < -0.39 is 0 Å². The molecule has 0 bridgehead atoms. The molecule has 0 aromatic heterocycles. The number of aryl methyl sites for hydroxylation is 1. The molecule has 2 nitrogen and oxygen atoms in total. The summed E-state index contributed by atoms with van der Waals surface area (Å²) in [7, 11) is 0. The normalized spacial score (nSPS) is 9.65. The summed E-state index contributed by atoms with van der Waals surface area (Å²) in [5.74, 6) is -0.0415. The standard InChI is InChI=1S/C15H11NO/c1-11-5-2-3-8-14(11)15(17)13-7-4-6-12(9-13)10-16/h2-9H,1H3. The minimum Gasteiger partial charge on any atom is -0.289 e. The summed E-state index contributed by atoms with van der Waals surface area (Å²) >= 11 is 0. The SMILES string of the molecule is Cc1ccccc1C(=O)c1cccc(C#N)c1. The number of carbonyl (C=O) groups is 1. The zero-order valence-corrected chi connectivity index (χ0v) is 9.47. The third kappa shape index (κ3) is 2.24. The minimum absolute atomic E-state index is 0.0415. The first-order valence-electron chi connectivity index (χ1n) is 5.33. The minimum atomic E-state index is -0.0415. The molecule has 0 saturated heterocycles. The van der Waals surface area contributed by atoms with E-state index in [2.05, 4.69) is 0 Å². The van der Waals surface area contributed by atoms with Gasteiger partial charge in [0.15, 0.2) is 5.78 Å². The number of benzene rings is 2. The maximum atomic E-state index is 12.2. The van der Waals surface area contributed by atoms with Gasteiger partial charge in [0.25, 0.3) is 0 Å². The molecule has 82 valence electrons. The lowest BCUT2D eigenvalue weighted by Gasteiger charge is -2.04. The van der Waals surface area contributed by atoms with Crippen LogP contribution < -0.4 is 0 Å². The lowest BCUT2D eigenvalue weighted by atomic mass is 9.98. The van der Waals surface area contributed by atoms with Crippen molar-refractivity contribution in [3.05, 3.63) is 70.8 Å². The molecule has 2 aromatic carbocycles. The summed E-state index contributed by atoms with van der Waals surface area (Å²) in [5, 5.41) is 8.81. The third-order valence-corrected chi connectivity index (χ3v) is 2.64. The van der Waals surface area contributed by atoms with Gasteiger partial charge in [0.2, 0.25) is 0 Å². The highest BCUT2D eigenvalue weighted by atomic mass is 16.1. The van der Waals surface area contributed by atoms with Crippen molar-refractivity contribution in [2.24, 2.45) is 0 Å². The maximum Gasteiger partial charge on any atom is 0.193 e. The van der Waals surface area contributed by atoms with Gasteiger partial charge >= 0.3 is 0 Å². The number of rotatable bonds is 2. The van der Waals surface area contributed by atoms with Crippen molar-refractivity contribution in [3.8, 4) is 6.07 Å². The average molecular weight is 221 g/mol. The first kappa shape index (κ1) is 11.1. The van der Waals surface area contributed by atoms with Crippen molar-refractivity contribution in [1.82, 2.24) is 0 Å². The monoisotopic (exact) mass is 221 g/mol. The Hall–Kier alpha value is -2.40. The van der Waals surface area contributed by atoms with Crippen LogP contribution in [0.15, 0.2) is 48.5 Å². The highest BCUT2D eigenvalue weighted by molar-refractivity contribution is 6.10. The Balaban J connectivity index is 2.45.